The SMILES string of the molecule is CCCCCCCCCCc1cccc(C(=O)O)c1N. The largest absolute Gasteiger partial charge is 0.478 e. The molecule has 0 heterocycles. The first kappa shape index (κ1) is 16.5. The zero-order valence-electron chi connectivity index (χ0n) is 12.5. The van der Waals surface area contributed by atoms with Crippen LogP contribution in [0.25, 0.3) is 0 Å². The van der Waals surface area contributed by atoms with E-state index in [1.54, 1.807) is 12.1 Å². The molecule has 0 aliphatic rings. The first-order chi connectivity index (χ1) is 9.66. The van der Waals surface area contributed by atoms with Crippen molar-refractivity contribution in [3.63, 3.8) is 0 Å². The summed E-state index contributed by atoms with van der Waals surface area (Å²) in [5.41, 5.74) is 7.53. The van der Waals surface area contributed by atoms with Gasteiger partial charge in [0.2, 0.25) is 0 Å². The van der Waals surface area contributed by atoms with Crippen molar-refractivity contribution in [3.8, 4) is 0 Å². The van der Waals surface area contributed by atoms with Crippen molar-refractivity contribution in [2.45, 2.75) is 64.7 Å². The molecule has 3 heteroatoms. The van der Waals surface area contributed by atoms with Crippen LogP contribution in [0.5, 0.6) is 0 Å². The summed E-state index contributed by atoms with van der Waals surface area (Å²) in [5.74, 6) is -0.944. The number of anilines is 1. The molecule has 112 valence electrons. The summed E-state index contributed by atoms with van der Waals surface area (Å²) in [6, 6.07) is 5.28. The number of carboxylic acid groups (broad SMARTS) is 1. The lowest BCUT2D eigenvalue weighted by molar-refractivity contribution is 0.0698. The number of carbonyl (C=O) groups is 1. The number of nitrogens with two attached hydrogens (primary N) is 1. The molecular weight excluding hydrogens is 250 g/mol. The van der Waals surface area contributed by atoms with Gasteiger partial charge in [0, 0.05) is 5.69 Å². The Kier molecular flexibility index (Phi) is 7.78. The van der Waals surface area contributed by atoms with Crippen LogP contribution in [-0.2, 0) is 6.42 Å². The standard InChI is InChI=1S/C17H27NO2/c1-2-3-4-5-6-7-8-9-11-14-12-10-13-15(16(14)18)17(19)20/h10,12-13H,2-9,11,18H2,1H3,(H,19,20). The summed E-state index contributed by atoms with van der Waals surface area (Å²) in [4.78, 5) is 11.0. The van der Waals surface area contributed by atoms with Crippen molar-refractivity contribution >= 4 is 11.7 Å². The van der Waals surface area contributed by atoms with Gasteiger partial charge in [-0.1, -0.05) is 64.0 Å². The number of nitrogen functional groups attached to an aromatic ring is 1. The first-order valence-electron chi connectivity index (χ1n) is 7.77. The van der Waals surface area contributed by atoms with E-state index in [9.17, 15) is 4.79 Å². The Morgan fingerprint density at radius 3 is 2.25 bits per heavy atom. The Labute approximate surface area is 122 Å². The second-order valence-electron chi connectivity index (χ2n) is 5.41. The number of benzene rings is 1. The monoisotopic (exact) mass is 277 g/mol. The summed E-state index contributed by atoms with van der Waals surface area (Å²) in [6.45, 7) is 2.23. The zero-order valence-corrected chi connectivity index (χ0v) is 12.5. The topological polar surface area (TPSA) is 63.3 Å². The highest BCUT2D eigenvalue weighted by atomic mass is 16.4. The van der Waals surface area contributed by atoms with E-state index in [2.05, 4.69) is 6.92 Å². The van der Waals surface area contributed by atoms with Crippen LogP contribution < -0.4 is 5.73 Å². The minimum Gasteiger partial charge on any atom is -0.478 e. The van der Waals surface area contributed by atoms with E-state index in [4.69, 9.17) is 10.8 Å². The molecule has 0 bridgehead atoms. The van der Waals surface area contributed by atoms with Crippen molar-refractivity contribution in [2.24, 2.45) is 0 Å². The molecule has 0 saturated carbocycles. The fourth-order valence-corrected chi connectivity index (χ4v) is 2.47. The van der Waals surface area contributed by atoms with Crippen LogP contribution in [0.4, 0.5) is 5.69 Å². The molecule has 0 spiro atoms. The van der Waals surface area contributed by atoms with Crippen LogP contribution in [0, 0.1) is 0 Å². The number of unbranched alkanes of at least 4 members (excludes halogenated alkanes) is 7. The van der Waals surface area contributed by atoms with Gasteiger partial charge in [0.15, 0.2) is 0 Å². The van der Waals surface area contributed by atoms with Gasteiger partial charge in [-0.15, -0.1) is 0 Å². The highest BCUT2D eigenvalue weighted by Crippen LogP contribution is 2.20. The lowest BCUT2D eigenvalue weighted by Crippen LogP contribution is -2.05. The number of aromatic carboxylic acids is 1. The van der Waals surface area contributed by atoms with Gasteiger partial charge in [0.25, 0.3) is 0 Å². The molecule has 0 fully saturated rings. The maximum Gasteiger partial charge on any atom is 0.337 e. The van der Waals surface area contributed by atoms with Crippen LogP contribution >= 0.6 is 0 Å². The van der Waals surface area contributed by atoms with Crippen LogP contribution in [0.15, 0.2) is 18.2 Å². The molecule has 0 unspecified atom stereocenters. The van der Waals surface area contributed by atoms with E-state index in [-0.39, 0.29) is 5.56 Å². The zero-order chi connectivity index (χ0) is 14.8. The molecular formula is C17H27NO2. The van der Waals surface area contributed by atoms with Gasteiger partial charge in [-0.05, 0) is 24.5 Å². The Balaban J connectivity index is 2.25. The lowest BCUT2D eigenvalue weighted by Gasteiger charge is -2.08. The van der Waals surface area contributed by atoms with Gasteiger partial charge in [0.1, 0.15) is 0 Å². The predicted octanol–water partition coefficient (Wildman–Crippen LogP) is 4.65. The second kappa shape index (κ2) is 9.40. The molecule has 0 aliphatic carbocycles. The minimum atomic E-state index is -0.944. The third-order valence-corrected chi connectivity index (χ3v) is 3.73. The van der Waals surface area contributed by atoms with E-state index in [1.807, 2.05) is 6.07 Å². The van der Waals surface area contributed by atoms with Crippen molar-refractivity contribution < 1.29 is 9.90 Å². The maximum atomic E-state index is 11.0. The van der Waals surface area contributed by atoms with E-state index in [0.717, 1.165) is 18.4 Å². The normalized spacial score (nSPS) is 10.7. The molecule has 3 nitrogen and oxygen atoms in total. The molecule has 3 N–H and O–H groups in total. The van der Waals surface area contributed by atoms with E-state index in [0.29, 0.717) is 5.69 Å². The average molecular weight is 277 g/mol. The molecule has 0 atom stereocenters. The molecule has 1 aromatic rings. The van der Waals surface area contributed by atoms with Gasteiger partial charge in [-0.3, -0.25) is 0 Å². The average Bonchev–Trinajstić information content (AvgIpc) is 2.43. The third-order valence-electron chi connectivity index (χ3n) is 3.73. The number of carboxylic acids is 1. The third kappa shape index (κ3) is 5.64. The first-order valence-corrected chi connectivity index (χ1v) is 7.77. The Hall–Kier alpha value is -1.51. The van der Waals surface area contributed by atoms with Gasteiger partial charge < -0.3 is 10.8 Å². The molecule has 0 amide bonds. The molecule has 0 radical (unpaired) electrons. The molecule has 1 aromatic carbocycles. The summed E-state index contributed by atoms with van der Waals surface area (Å²) in [6.07, 6.45) is 11.1. The Morgan fingerprint density at radius 2 is 1.65 bits per heavy atom. The van der Waals surface area contributed by atoms with Gasteiger partial charge in [-0.2, -0.15) is 0 Å². The van der Waals surface area contributed by atoms with Crippen molar-refractivity contribution in [1.29, 1.82) is 0 Å². The van der Waals surface area contributed by atoms with Gasteiger partial charge in [-0.25, -0.2) is 4.79 Å². The highest BCUT2D eigenvalue weighted by molar-refractivity contribution is 5.94. The summed E-state index contributed by atoms with van der Waals surface area (Å²) < 4.78 is 0. The molecule has 0 aliphatic heterocycles. The van der Waals surface area contributed by atoms with Crippen LogP contribution in [0.3, 0.4) is 0 Å². The number of hydrogen-bond acceptors (Lipinski definition) is 2. The Morgan fingerprint density at radius 1 is 1.05 bits per heavy atom. The number of hydrogen-bond donors (Lipinski definition) is 2. The van der Waals surface area contributed by atoms with E-state index >= 15 is 0 Å². The van der Waals surface area contributed by atoms with Crippen LogP contribution in [0.2, 0.25) is 0 Å². The smallest absolute Gasteiger partial charge is 0.337 e. The van der Waals surface area contributed by atoms with Crippen molar-refractivity contribution in [3.05, 3.63) is 29.3 Å². The summed E-state index contributed by atoms with van der Waals surface area (Å²) >= 11 is 0. The second-order valence-corrected chi connectivity index (χ2v) is 5.41. The number of para-hydroxylation sites is 1. The van der Waals surface area contributed by atoms with E-state index in [1.165, 1.54) is 44.9 Å². The number of rotatable bonds is 10. The molecule has 0 saturated heterocycles. The van der Waals surface area contributed by atoms with Gasteiger partial charge >= 0.3 is 5.97 Å². The van der Waals surface area contributed by atoms with Gasteiger partial charge in [0.05, 0.1) is 5.56 Å². The molecule has 20 heavy (non-hydrogen) atoms. The fraction of sp³-hybridized carbons (Fsp3) is 0.588. The van der Waals surface area contributed by atoms with Crippen LogP contribution in [0.1, 0.15) is 74.2 Å². The van der Waals surface area contributed by atoms with Crippen molar-refractivity contribution in [2.75, 3.05) is 5.73 Å². The maximum absolute atomic E-state index is 11.0. The molecule has 0 aromatic heterocycles. The highest BCUT2D eigenvalue weighted by Gasteiger charge is 2.10. The van der Waals surface area contributed by atoms with Crippen molar-refractivity contribution in [1.82, 2.24) is 0 Å². The minimum absolute atomic E-state index is 0.224. The Bertz CT molecular complexity index is 415. The molecule has 1 rings (SSSR count). The fourth-order valence-electron chi connectivity index (χ4n) is 2.47. The summed E-state index contributed by atoms with van der Waals surface area (Å²) in [7, 11) is 0. The predicted molar refractivity (Wildman–Crippen MR) is 84.1 cm³/mol. The lowest BCUT2D eigenvalue weighted by atomic mass is 10.0. The van der Waals surface area contributed by atoms with E-state index < -0.39 is 5.97 Å². The quantitative estimate of drug-likeness (QED) is 0.483. The van der Waals surface area contributed by atoms with Crippen LogP contribution in [-0.4, -0.2) is 11.1 Å². The summed E-state index contributed by atoms with van der Waals surface area (Å²) in [5, 5.41) is 9.02. The number of aryl methyl sites for hydroxylation is 1.